The molecule has 3 aromatic carbocycles. The zero-order chi connectivity index (χ0) is 23.8. The third-order valence-electron chi connectivity index (χ3n) is 4.42. The maximum Gasteiger partial charge on any atom is 0.266 e. The zero-order valence-corrected chi connectivity index (χ0v) is 20.7. The first-order chi connectivity index (χ1) is 15.9. The van der Waals surface area contributed by atoms with E-state index in [1.807, 2.05) is 31.2 Å². The first-order valence-electron chi connectivity index (χ1n) is 9.92. The number of benzene rings is 3. The van der Waals surface area contributed by atoms with Gasteiger partial charge in [0.15, 0.2) is 11.5 Å². The van der Waals surface area contributed by atoms with Crippen LogP contribution in [0, 0.1) is 11.3 Å². The highest BCUT2D eigenvalue weighted by Crippen LogP contribution is 2.38. The van der Waals surface area contributed by atoms with E-state index in [1.54, 1.807) is 42.5 Å². The fourth-order valence-electron chi connectivity index (χ4n) is 2.92. The van der Waals surface area contributed by atoms with E-state index in [0.29, 0.717) is 43.9 Å². The number of hydrogen-bond acceptors (Lipinski definition) is 4. The van der Waals surface area contributed by atoms with E-state index in [4.69, 9.17) is 32.7 Å². The Morgan fingerprint density at radius 3 is 2.61 bits per heavy atom. The molecule has 0 saturated heterocycles. The van der Waals surface area contributed by atoms with Crippen molar-refractivity contribution in [2.75, 3.05) is 11.9 Å². The van der Waals surface area contributed by atoms with Crippen LogP contribution in [0.2, 0.25) is 10.0 Å². The third kappa shape index (κ3) is 6.75. The summed E-state index contributed by atoms with van der Waals surface area (Å²) in [6.45, 7) is 2.51. The number of nitriles is 1. The predicted octanol–water partition coefficient (Wildman–Crippen LogP) is 7.28. The van der Waals surface area contributed by atoms with Crippen LogP contribution in [0.1, 0.15) is 18.1 Å². The minimum atomic E-state index is -0.548. The SMILES string of the molecule is CCOc1cc(/C=C(/C#N)C(=O)Nc2cccc(Cl)c2)cc(Br)c1OCc1ccccc1Cl. The lowest BCUT2D eigenvalue weighted by molar-refractivity contribution is -0.112. The van der Waals surface area contributed by atoms with Crippen LogP contribution in [0.25, 0.3) is 6.08 Å². The quantitative estimate of drug-likeness (QED) is 0.238. The molecule has 0 aliphatic rings. The van der Waals surface area contributed by atoms with E-state index in [2.05, 4.69) is 21.2 Å². The van der Waals surface area contributed by atoms with Crippen molar-refractivity contribution in [2.24, 2.45) is 0 Å². The van der Waals surface area contributed by atoms with Gasteiger partial charge in [0, 0.05) is 21.3 Å². The molecule has 5 nitrogen and oxygen atoms in total. The van der Waals surface area contributed by atoms with E-state index >= 15 is 0 Å². The molecule has 33 heavy (non-hydrogen) atoms. The summed E-state index contributed by atoms with van der Waals surface area (Å²) in [4.78, 5) is 12.6. The summed E-state index contributed by atoms with van der Waals surface area (Å²) >= 11 is 15.7. The molecule has 0 heterocycles. The second kappa shape index (κ2) is 11.8. The van der Waals surface area contributed by atoms with Gasteiger partial charge in [-0.25, -0.2) is 0 Å². The number of amides is 1. The molecule has 3 rings (SSSR count). The summed E-state index contributed by atoms with van der Waals surface area (Å²) in [5.74, 6) is 0.418. The number of nitrogens with one attached hydrogen (secondary N) is 1. The van der Waals surface area contributed by atoms with Crippen LogP contribution in [0.5, 0.6) is 11.5 Å². The van der Waals surface area contributed by atoms with Gasteiger partial charge in [-0.15, -0.1) is 0 Å². The molecule has 0 bridgehead atoms. The molecule has 0 radical (unpaired) electrons. The van der Waals surface area contributed by atoms with Gasteiger partial charge in [0.05, 0.1) is 11.1 Å². The summed E-state index contributed by atoms with van der Waals surface area (Å²) in [6.07, 6.45) is 1.48. The lowest BCUT2D eigenvalue weighted by Crippen LogP contribution is -2.13. The van der Waals surface area contributed by atoms with Crippen molar-refractivity contribution in [2.45, 2.75) is 13.5 Å². The molecule has 0 saturated carbocycles. The number of carbonyl (C=O) groups is 1. The molecule has 1 amide bonds. The molecule has 0 aliphatic carbocycles. The Balaban J connectivity index is 1.86. The first kappa shape index (κ1) is 24.7. The van der Waals surface area contributed by atoms with Crippen molar-refractivity contribution in [1.82, 2.24) is 0 Å². The summed E-state index contributed by atoms with van der Waals surface area (Å²) in [7, 11) is 0. The van der Waals surface area contributed by atoms with Crippen molar-refractivity contribution in [3.05, 3.63) is 91.9 Å². The number of hydrogen-bond donors (Lipinski definition) is 1. The zero-order valence-electron chi connectivity index (χ0n) is 17.6. The Morgan fingerprint density at radius 2 is 1.91 bits per heavy atom. The summed E-state index contributed by atoms with van der Waals surface area (Å²) < 4.78 is 12.3. The highest BCUT2D eigenvalue weighted by atomic mass is 79.9. The minimum absolute atomic E-state index is 0.0749. The van der Waals surface area contributed by atoms with Crippen molar-refractivity contribution in [3.63, 3.8) is 0 Å². The average Bonchev–Trinajstić information content (AvgIpc) is 2.78. The van der Waals surface area contributed by atoms with Gasteiger partial charge in [-0.3, -0.25) is 4.79 Å². The molecule has 0 aliphatic heterocycles. The van der Waals surface area contributed by atoms with Crippen molar-refractivity contribution >= 4 is 56.8 Å². The van der Waals surface area contributed by atoms with Crippen LogP contribution < -0.4 is 14.8 Å². The maximum absolute atomic E-state index is 12.6. The Kier molecular flexibility index (Phi) is 8.79. The van der Waals surface area contributed by atoms with Gasteiger partial charge in [-0.05, 0) is 70.9 Å². The van der Waals surface area contributed by atoms with Gasteiger partial charge in [0.2, 0.25) is 0 Å². The van der Waals surface area contributed by atoms with E-state index < -0.39 is 5.91 Å². The number of ether oxygens (including phenoxy) is 2. The van der Waals surface area contributed by atoms with E-state index in [1.165, 1.54) is 6.08 Å². The van der Waals surface area contributed by atoms with Crippen LogP contribution in [0.15, 0.2) is 70.7 Å². The minimum Gasteiger partial charge on any atom is -0.490 e. The Hall–Kier alpha value is -2.98. The number of carbonyl (C=O) groups excluding carboxylic acids is 1. The standard InChI is InChI=1S/C25H19BrCl2N2O3/c1-2-32-23-12-16(10-18(14-29)25(31)30-20-8-5-7-19(27)13-20)11-21(26)24(23)33-15-17-6-3-4-9-22(17)28/h3-13H,2,15H2,1H3,(H,30,31)/b18-10-. The van der Waals surface area contributed by atoms with Crippen LogP contribution in [-0.2, 0) is 11.4 Å². The van der Waals surface area contributed by atoms with E-state index in [0.717, 1.165) is 5.56 Å². The number of anilines is 1. The predicted molar refractivity (Wildman–Crippen MR) is 135 cm³/mol. The molecular weight excluding hydrogens is 527 g/mol. The van der Waals surface area contributed by atoms with Crippen LogP contribution in [0.4, 0.5) is 5.69 Å². The average molecular weight is 546 g/mol. The summed E-state index contributed by atoms with van der Waals surface area (Å²) in [5.41, 5.74) is 1.84. The van der Waals surface area contributed by atoms with E-state index in [9.17, 15) is 10.1 Å². The molecule has 3 aromatic rings. The van der Waals surface area contributed by atoms with E-state index in [-0.39, 0.29) is 12.2 Å². The molecule has 0 fully saturated rings. The topological polar surface area (TPSA) is 71.3 Å². The smallest absolute Gasteiger partial charge is 0.266 e. The number of halogens is 3. The van der Waals surface area contributed by atoms with Crippen molar-refractivity contribution in [3.8, 4) is 17.6 Å². The highest BCUT2D eigenvalue weighted by Gasteiger charge is 2.15. The highest BCUT2D eigenvalue weighted by molar-refractivity contribution is 9.10. The largest absolute Gasteiger partial charge is 0.490 e. The normalized spacial score (nSPS) is 10.9. The Morgan fingerprint density at radius 1 is 1.12 bits per heavy atom. The van der Waals surface area contributed by atoms with Crippen LogP contribution >= 0.6 is 39.1 Å². The Labute approximate surface area is 210 Å². The fourth-order valence-corrected chi connectivity index (χ4v) is 3.87. The molecule has 0 aromatic heterocycles. The Bertz CT molecular complexity index is 1240. The summed E-state index contributed by atoms with van der Waals surface area (Å²) in [5, 5.41) is 13.3. The van der Waals surface area contributed by atoms with Gasteiger partial charge < -0.3 is 14.8 Å². The van der Waals surface area contributed by atoms with Gasteiger partial charge in [0.25, 0.3) is 5.91 Å². The first-order valence-corrected chi connectivity index (χ1v) is 11.5. The maximum atomic E-state index is 12.6. The van der Waals surface area contributed by atoms with Gasteiger partial charge >= 0.3 is 0 Å². The fraction of sp³-hybridized carbons (Fsp3) is 0.120. The van der Waals surface area contributed by atoms with Crippen LogP contribution in [-0.4, -0.2) is 12.5 Å². The molecular formula is C25H19BrCl2N2O3. The van der Waals surface area contributed by atoms with Crippen molar-refractivity contribution < 1.29 is 14.3 Å². The number of nitrogens with zero attached hydrogens (tertiary/aromatic N) is 1. The number of rotatable bonds is 8. The molecule has 0 atom stereocenters. The van der Waals surface area contributed by atoms with Gasteiger partial charge in [-0.1, -0.05) is 47.5 Å². The third-order valence-corrected chi connectivity index (χ3v) is 5.61. The lowest BCUT2D eigenvalue weighted by Gasteiger charge is -2.15. The van der Waals surface area contributed by atoms with Gasteiger partial charge in [0.1, 0.15) is 18.2 Å². The molecule has 8 heteroatoms. The second-order valence-corrected chi connectivity index (χ2v) is 8.48. The molecule has 0 unspecified atom stereocenters. The monoisotopic (exact) mass is 544 g/mol. The van der Waals surface area contributed by atoms with Crippen molar-refractivity contribution in [1.29, 1.82) is 5.26 Å². The second-order valence-electron chi connectivity index (χ2n) is 6.78. The molecule has 0 spiro atoms. The van der Waals surface area contributed by atoms with Gasteiger partial charge in [-0.2, -0.15) is 5.26 Å². The summed E-state index contributed by atoms with van der Waals surface area (Å²) in [6, 6.07) is 19.5. The molecule has 1 N–H and O–H groups in total. The lowest BCUT2D eigenvalue weighted by atomic mass is 10.1. The molecule has 168 valence electrons. The van der Waals surface area contributed by atoms with Crippen LogP contribution in [0.3, 0.4) is 0 Å².